The number of amides is 1. The zero-order valence-corrected chi connectivity index (χ0v) is 13.9. The number of carbonyl (C=O) groups excluding carboxylic acids is 1. The zero-order chi connectivity index (χ0) is 15.4. The van der Waals surface area contributed by atoms with Gasteiger partial charge in [-0.05, 0) is 19.3 Å². The fourth-order valence-corrected chi connectivity index (χ4v) is 4.01. The topological polar surface area (TPSA) is 71.1 Å². The van der Waals surface area contributed by atoms with E-state index in [1.54, 1.807) is 0 Å². The van der Waals surface area contributed by atoms with Gasteiger partial charge in [0.05, 0.1) is 24.5 Å². The first-order valence-electron chi connectivity index (χ1n) is 8.23. The van der Waals surface area contributed by atoms with Crippen LogP contribution < -0.4 is 0 Å². The molecule has 1 aromatic rings. The van der Waals surface area contributed by atoms with E-state index in [-0.39, 0.29) is 18.1 Å². The van der Waals surface area contributed by atoms with Crippen molar-refractivity contribution >= 4 is 17.7 Å². The normalized spacial score (nSPS) is 25.0. The molecule has 1 N–H and O–H groups in total. The van der Waals surface area contributed by atoms with E-state index < -0.39 is 0 Å². The van der Waals surface area contributed by atoms with Gasteiger partial charge in [0.1, 0.15) is 5.82 Å². The standard InChI is InChI=1S/C15H24N4O2S/c1-2-5-13-16-15(18-17-13)22-10-14(20)19-8-9-21-12-7-4-3-6-11(12)19/h11-12H,2-10H2,1H3,(H,16,17,18)/t11-,12-/m0/s1. The van der Waals surface area contributed by atoms with E-state index in [0.717, 1.165) is 38.1 Å². The molecular formula is C15H24N4O2S. The Morgan fingerprint density at radius 2 is 2.32 bits per heavy atom. The molecule has 2 fully saturated rings. The maximum Gasteiger partial charge on any atom is 0.233 e. The van der Waals surface area contributed by atoms with Crippen LogP contribution in [0.4, 0.5) is 0 Å². The van der Waals surface area contributed by atoms with Crippen molar-refractivity contribution in [3.05, 3.63) is 5.82 Å². The van der Waals surface area contributed by atoms with Gasteiger partial charge in [0.2, 0.25) is 11.1 Å². The number of hydrogen-bond acceptors (Lipinski definition) is 5. The molecule has 0 aromatic carbocycles. The van der Waals surface area contributed by atoms with E-state index in [1.807, 2.05) is 4.90 Å². The lowest BCUT2D eigenvalue weighted by Gasteiger charge is -2.43. The molecular weight excluding hydrogens is 300 g/mol. The summed E-state index contributed by atoms with van der Waals surface area (Å²) in [6, 6.07) is 0.276. The van der Waals surface area contributed by atoms with Crippen molar-refractivity contribution in [1.29, 1.82) is 0 Å². The predicted octanol–water partition coefficient (Wildman–Crippen LogP) is 2.02. The number of thioether (sulfide) groups is 1. The number of nitrogens with one attached hydrogen (secondary N) is 1. The maximum absolute atomic E-state index is 12.5. The van der Waals surface area contributed by atoms with Crippen molar-refractivity contribution < 1.29 is 9.53 Å². The molecule has 0 unspecified atom stereocenters. The van der Waals surface area contributed by atoms with Crippen LogP contribution in [0.1, 0.15) is 44.9 Å². The molecule has 2 aliphatic rings. The zero-order valence-electron chi connectivity index (χ0n) is 13.1. The van der Waals surface area contributed by atoms with E-state index in [9.17, 15) is 4.79 Å². The maximum atomic E-state index is 12.5. The van der Waals surface area contributed by atoms with Crippen molar-refractivity contribution in [3.63, 3.8) is 0 Å². The minimum Gasteiger partial charge on any atom is -0.374 e. The van der Waals surface area contributed by atoms with Crippen LogP contribution in [0, 0.1) is 0 Å². The molecule has 0 bridgehead atoms. The SMILES string of the molecule is CCCc1nc(SCC(=O)N2CCO[C@H]3CCCC[C@@H]32)n[nH]1. The average Bonchev–Trinajstić information content (AvgIpc) is 3.00. The number of aromatic nitrogens is 3. The van der Waals surface area contributed by atoms with Crippen molar-refractivity contribution in [2.75, 3.05) is 18.9 Å². The van der Waals surface area contributed by atoms with E-state index in [1.165, 1.54) is 24.6 Å². The van der Waals surface area contributed by atoms with E-state index in [0.29, 0.717) is 17.5 Å². The Morgan fingerprint density at radius 1 is 1.45 bits per heavy atom. The number of H-pyrrole nitrogens is 1. The lowest BCUT2D eigenvalue weighted by Crippen LogP contribution is -2.55. The molecule has 1 aliphatic carbocycles. The van der Waals surface area contributed by atoms with Crippen molar-refractivity contribution in [3.8, 4) is 0 Å². The Hall–Kier alpha value is -1.08. The van der Waals surface area contributed by atoms with Gasteiger partial charge < -0.3 is 9.64 Å². The number of morpholine rings is 1. The largest absolute Gasteiger partial charge is 0.374 e. The summed E-state index contributed by atoms with van der Waals surface area (Å²) in [5, 5.41) is 7.76. The van der Waals surface area contributed by atoms with Crippen LogP contribution in [0.15, 0.2) is 5.16 Å². The first-order chi connectivity index (χ1) is 10.8. The first kappa shape index (κ1) is 15.8. The van der Waals surface area contributed by atoms with Crippen molar-refractivity contribution in [1.82, 2.24) is 20.1 Å². The van der Waals surface area contributed by atoms with Crippen LogP contribution in [0.3, 0.4) is 0 Å². The van der Waals surface area contributed by atoms with E-state index in [2.05, 4.69) is 22.1 Å². The summed E-state index contributed by atoms with van der Waals surface area (Å²) in [5.74, 6) is 1.50. The van der Waals surface area contributed by atoms with E-state index >= 15 is 0 Å². The number of hydrogen-bond donors (Lipinski definition) is 1. The predicted molar refractivity (Wildman–Crippen MR) is 84.8 cm³/mol. The summed E-state index contributed by atoms with van der Waals surface area (Å²) in [7, 11) is 0. The molecule has 1 saturated heterocycles. The third kappa shape index (κ3) is 3.63. The number of fused-ring (bicyclic) bond motifs is 1. The Kier molecular flexibility index (Phi) is 5.36. The fraction of sp³-hybridized carbons (Fsp3) is 0.800. The van der Waals surface area contributed by atoms with Crippen LogP contribution in [0.25, 0.3) is 0 Å². The Bertz CT molecular complexity index is 505. The van der Waals surface area contributed by atoms with Gasteiger partial charge in [-0.15, -0.1) is 5.10 Å². The van der Waals surface area contributed by atoms with E-state index in [4.69, 9.17) is 4.74 Å². The molecule has 0 spiro atoms. The van der Waals surface area contributed by atoms with Gasteiger partial charge in [-0.3, -0.25) is 9.89 Å². The molecule has 1 aromatic heterocycles. The summed E-state index contributed by atoms with van der Waals surface area (Å²) < 4.78 is 5.82. The number of carbonyl (C=O) groups is 1. The molecule has 1 aliphatic heterocycles. The second-order valence-electron chi connectivity index (χ2n) is 5.95. The number of ether oxygens (including phenoxy) is 1. The van der Waals surface area contributed by atoms with Crippen LogP contribution in [-0.4, -0.2) is 57.0 Å². The minimum atomic E-state index is 0.187. The lowest BCUT2D eigenvalue weighted by molar-refractivity contribution is -0.146. The molecule has 1 amide bonds. The highest BCUT2D eigenvalue weighted by Crippen LogP contribution is 2.29. The van der Waals surface area contributed by atoms with Gasteiger partial charge in [0, 0.05) is 13.0 Å². The van der Waals surface area contributed by atoms with Gasteiger partial charge in [-0.2, -0.15) is 0 Å². The molecule has 7 heteroatoms. The first-order valence-corrected chi connectivity index (χ1v) is 9.21. The molecule has 2 atom stereocenters. The van der Waals surface area contributed by atoms with Crippen LogP contribution in [0.2, 0.25) is 0 Å². The summed E-state index contributed by atoms with van der Waals surface area (Å²) >= 11 is 1.42. The number of nitrogens with zero attached hydrogens (tertiary/aromatic N) is 3. The highest BCUT2D eigenvalue weighted by molar-refractivity contribution is 7.99. The summed E-state index contributed by atoms with van der Waals surface area (Å²) in [6.07, 6.45) is 6.75. The van der Waals surface area contributed by atoms with Crippen molar-refractivity contribution in [2.24, 2.45) is 0 Å². The quantitative estimate of drug-likeness (QED) is 0.839. The third-order valence-electron chi connectivity index (χ3n) is 4.38. The second kappa shape index (κ2) is 7.46. The van der Waals surface area contributed by atoms with Crippen LogP contribution >= 0.6 is 11.8 Å². The third-order valence-corrected chi connectivity index (χ3v) is 5.21. The van der Waals surface area contributed by atoms with Gasteiger partial charge in [-0.1, -0.05) is 31.5 Å². The number of rotatable bonds is 5. The van der Waals surface area contributed by atoms with Gasteiger partial charge >= 0.3 is 0 Å². The Morgan fingerprint density at radius 3 is 3.18 bits per heavy atom. The summed E-state index contributed by atoms with van der Waals surface area (Å²) in [5.41, 5.74) is 0. The smallest absolute Gasteiger partial charge is 0.233 e. The molecule has 6 nitrogen and oxygen atoms in total. The Labute approximate surface area is 135 Å². The highest BCUT2D eigenvalue weighted by atomic mass is 32.2. The summed E-state index contributed by atoms with van der Waals surface area (Å²) in [4.78, 5) is 19.0. The minimum absolute atomic E-state index is 0.187. The average molecular weight is 324 g/mol. The van der Waals surface area contributed by atoms with Crippen LogP contribution in [0.5, 0.6) is 0 Å². The summed E-state index contributed by atoms with van der Waals surface area (Å²) in [6.45, 7) is 3.49. The van der Waals surface area contributed by atoms with Crippen LogP contribution in [-0.2, 0) is 16.0 Å². The second-order valence-corrected chi connectivity index (χ2v) is 6.89. The number of aryl methyl sites for hydroxylation is 1. The van der Waals surface area contributed by atoms with Gasteiger partial charge in [-0.25, -0.2) is 4.98 Å². The molecule has 22 heavy (non-hydrogen) atoms. The van der Waals surface area contributed by atoms with Gasteiger partial charge in [0.15, 0.2) is 0 Å². The molecule has 122 valence electrons. The monoisotopic (exact) mass is 324 g/mol. The Balaban J connectivity index is 1.54. The molecule has 2 heterocycles. The highest BCUT2D eigenvalue weighted by Gasteiger charge is 2.36. The molecule has 3 rings (SSSR count). The molecule has 0 radical (unpaired) electrons. The fourth-order valence-electron chi connectivity index (χ4n) is 3.31. The van der Waals surface area contributed by atoms with Gasteiger partial charge in [0.25, 0.3) is 0 Å². The van der Waals surface area contributed by atoms with Crippen molar-refractivity contribution in [2.45, 2.75) is 62.8 Å². The lowest BCUT2D eigenvalue weighted by atomic mass is 9.90. The number of aromatic amines is 1. The molecule has 1 saturated carbocycles.